The van der Waals surface area contributed by atoms with Crippen LogP contribution in [0.5, 0.6) is 0 Å². The summed E-state index contributed by atoms with van der Waals surface area (Å²) in [6.45, 7) is 1.70. The molecule has 0 aromatic heterocycles. The van der Waals surface area contributed by atoms with Crippen LogP contribution in [0.1, 0.15) is 19.3 Å². The van der Waals surface area contributed by atoms with E-state index in [1.807, 2.05) is 7.05 Å². The van der Waals surface area contributed by atoms with Crippen LogP contribution < -0.4 is 5.32 Å². The molecule has 110 valence electrons. The molecule has 1 fully saturated rings. The summed E-state index contributed by atoms with van der Waals surface area (Å²) in [5, 5.41) is 3.10. The maximum absolute atomic E-state index is 13.8. The van der Waals surface area contributed by atoms with E-state index in [1.54, 1.807) is 18.2 Å². The van der Waals surface area contributed by atoms with Crippen molar-refractivity contribution in [3.05, 3.63) is 30.1 Å². The Morgan fingerprint density at radius 1 is 1.35 bits per heavy atom. The summed E-state index contributed by atoms with van der Waals surface area (Å²) in [4.78, 5) is 14.4. The number of para-hydroxylation sites is 1. The van der Waals surface area contributed by atoms with Crippen LogP contribution in [0, 0.1) is 5.82 Å². The van der Waals surface area contributed by atoms with Gasteiger partial charge in [-0.3, -0.25) is 0 Å². The number of hydrogen-bond acceptors (Lipinski definition) is 4. The van der Waals surface area contributed by atoms with Crippen molar-refractivity contribution in [2.45, 2.75) is 24.8 Å². The number of nitrogens with zero attached hydrogens (tertiary/aromatic N) is 1. The zero-order chi connectivity index (χ0) is 14.6. The van der Waals surface area contributed by atoms with E-state index in [4.69, 9.17) is 4.74 Å². The number of ether oxygens (including phenoxy) is 1. The number of methoxy groups -OCH3 is 1. The van der Waals surface area contributed by atoms with Crippen molar-refractivity contribution < 1.29 is 13.9 Å². The Hall–Kier alpha value is -1.62. The van der Waals surface area contributed by atoms with Crippen LogP contribution in [0.4, 0.5) is 10.1 Å². The summed E-state index contributed by atoms with van der Waals surface area (Å²) in [5.41, 5.74) is -0.496. The molecule has 0 amide bonds. The highest BCUT2D eigenvalue weighted by molar-refractivity contribution is 5.84. The van der Waals surface area contributed by atoms with Gasteiger partial charge in [0, 0.05) is 6.54 Å². The summed E-state index contributed by atoms with van der Waals surface area (Å²) >= 11 is 0. The third kappa shape index (κ3) is 3.10. The van der Waals surface area contributed by atoms with Crippen molar-refractivity contribution in [1.82, 2.24) is 4.90 Å². The van der Waals surface area contributed by atoms with E-state index in [9.17, 15) is 9.18 Å². The molecule has 0 bridgehead atoms. The largest absolute Gasteiger partial charge is 0.467 e. The van der Waals surface area contributed by atoms with Crippen LogP contribution in [-0.2, 0) is 9.53 Å². The molecule has 5 heteroatoms. The topological polar surface area (TPSA) is 41.6 Å². The lowest BCUT2D eigenvalue weighted by molar-refractivity contribution is -0.146. The van der Waals surface area contributed by atoms with Crippen molar-refractivity contribution in [3.8, 4) is 0 Å². The fourth-order valence-electron chi connectivity index (χ4n) is 2.67. The number of rotatable bonds is 3. The predicted octanol–water partition coefficient (Wildman–Crippen LogP) is 2.27. The molecule has 1 aromatic carbocycles. The lowest BCUT2D eigenvalue weighted by atomic mass is 9.90. The summed E-state index contributed by atoms with van der Waals surface area (Å²) < 4.78 is 18.8. The molecule has 0 radical (unpaired) electrons. The molecule has 0 aliphatic carbocycles. The minimum absolute atomic E-state index is 0.323. The molecule has 1 saturated heterocycles. The van der Waals surface area contributed by atoms with E-state index in [-0.39, 0.29) is 11.8 Å². The Morgan fingerprint density at radius 3 is 2.80 bits per heavy atom. The first-order valence-corrected chi connectivity index (χ1v) is 6.87. The highest BCUT2D eigenvalue weighted by Crippen LogP contribution is 2.29. The fourth-order valence-corrected chi connectivity index (χ4v) is 2.67. The molecule has 20 heavy (non-hydrogen) atoms. The first-order valence-electron chi connectivity index (χ1n) is 6.87. The van der Waals surface area contributed by atoms with Crippen LogP contribution in [0.25, 0.3) is 0 Å². The number of benzene rings is 1. The number of likely N-dealkylation sites (tertiary alicyclic amines) is 1. The molecule has 0 spiro atoms. The van der Waals surface area contributed by atoms with Crippen LogP contribution >= 0.6 is 0 Å². The number of hydrogen-bond donors (Lipinski definition) is 1. The molecule has 1 aliphatic rings. The van der Waals surface area contributed by atoms with Gasteiger partial charge in [-0.1, -0.05) is 12.1 Å². The maximum atomic E-state index is 13.8. The Labute approximate surface area is 118 Å². The van der Waals surface area contributed by atoms with Gasteiger partial charge in [0.05, 0.1) is 12.8 Å². The van der Waals surface area contributed by atoms with Crippen LogP contribution in [0.2, 0.25) is 0 Å². The minimum Gasteiger partial charge on any atom is -0.467 e. The number of nitrogens with one attached hydrogen (secondary N) is 1. The van der Waals surface area contributed by atoms with Crippen LogP contribution in [0.3, 0.4) is 0 Å². The number of anilines is 1. The SMILES string of the molecule is COC(=O)C1(Nc2ccccc2F)CCCN(C)CC1. The second kappa shape index (κ2) is 6.22. The Balaban J connectivity index is 2.28. The van der Waals surface area contributed by atoms with E-state index in [2.05, 4.69) is 10.2 Å². The average Bonchev–Trinajstić information content (AvgIpc) is 2.64. The molecule has 4 nitrogen and oxygen atoms in total. The minimum atomic E-state index is -0.846. The van der Waals surface area contributed by atoms with E-state index >= 15 is 0 Å². The van der Waals surface area contributed by atoms with Gasteiger partial charge in [0.1, 0.15) is 11.4 Å². The highest BCUT2D eigenvalue weighted by atomic mass is 19.1. The fraction of sp³-hybridized carbons (Fsp3) is 0.533. The zero-order valence-corrected chi connectivity index (χ0v) is 12.0. The molecule has 1 N–H and O–H groups in total. The summed E-state index contributed by atoms with van der Waals surface area (Å²) in [7, 11) is 3.40. The number of carbonyl (C=O) groups excluding carboxylic acids is 1. The van der Waals surface area contributed by atoms with Crippen LogP contribution in [0.15, 0.2) is 24.3 Å². The quantitative estimate of drug-likeness (QED) is 0.862. The van der Waals surface area contributed by atoms with Gasteiger partial charge in [-0.25, -0.2) is 9.18 Å². The van der Waals surface area contributed by atoms with Gasteiger partial charge in [0.2, 0.25) is 0 Å². The normalized spacial score (nSPS) is 23.9. The molecular weight excluding hydrogens is 259 g/mol. The van der Waals surface area contributed by atoms with Crippen molar-refractivity contribution in [2.75, 3.05) is 32.6 Å². The number of esters is 1. The average molecular weight is 280 g/mol. The molecule has 2 rings (SSSR count). The van der Waals surface area contributed by atoms with E-state index in [0.717, 1.165) is 19.5 Å². The number of carbonyl (C=O) groups is 1. The van der Waals surface area contributed by atoms with E-state index < -0.39 is 5.54 Å². The summed E-state index contributed by atoms with van der Waals surface area (Å²) in [5.74, 6) is -0.676. The van der Waals surface area contributed by atoms with Crippen molar-refractivity contribution >= 4 is 11.7 Å². The second-order valence-corrected chi connectivity index (χ2v) is 5.34. The first-order chi connectivity index (χ1) is 9.57. The molecule has 1 aliphatic heterocycles. The molecule has 1 atom stereocenters. The first kappa shape index (κ1) is 14.8. The highest BCUT2D eigenvalue weighted by Gasteiger charge is 2.40. The van der Waals surface area contributed by atoms with Gasteiger partial charge in [-0.2, -0.15) is 0 Å². The van der Waals surface area contributed by atoms with Gasteiger partial charge in [-0.15, -0.1) is 0 Å². The van der Waals surface area contributed by atoms with Gasteiger partial charge < -0.3 is 15.0 Å². The maximum Gasteiger partial charge on any atom is 0.331 e. The molecular formula is C15H21FN2O2. The van der Waals surface area contributed by atoms with Crippen molar-refractivity contribution in [3.63, 3.8) is 0 Å². The van der Waals surface area contributed by atoms with Gasteiger partial charge in [0.15, 0.2) is 0 Å². The van der Waals surface area contributed by atoms with E-state index in [0.29, 0.717) is 18.5 Å². The van der Waals surface area contributed by atoms with Crippen LogP contribution in [-0.4, -0.2) is 43.7 Å². The smallest absolute Gasteiger partial charge is 0.331 e. The van der Waals surface area contributed by atoms with Crippen molar-refractivity contribution in [2.24, 2.45) is 0 Å². The number of halogens is 1. The second-order valence-electron chi connectivity index (χ2n) is 5.34. The molecule has 1 unspecified atom stereocenters. The predicted molar refractivity (Wildman–Crippen MR) is 76.1 cm³/mol. The van der Waals surface area contributed by atoms with Gasteiger partial charge in [0.25, 0.3) is 0 Å². The third-order valence-electron chi connectivity index (χ3n) is 3.89. The molecule has 1 aromatic rings. The Bertz CT molecular complexity index is 481. The van der Waals surface area contributed by atoms with Gasteiger partial charge >= 0.3 is 5.97 Å². The summed E-state index contributed by atoms with van der Waals surface area (Å²) in [6.07, 6.45) is 2.11. The standard InChI is InChI=1S/C15H21FN2O2/c1-18-10-5-8-15(9-11-18,14(19)20-2)17-13-7-4-3-6-12(13)16/h3-4,6-7,17H,5,8-11H2,1-2H3. The molecule has 0 saturated carbocycles. The lowest BCUT2D eigenvalue weighted by Crippen LogP contribution is -2.48. The third-order valence-corrected chi connectivity index (χ3v) is 3.89. The zero-order valence-electron chi connectivity index (χ0n) is 12.0. The Kier molecular flexibility index (Phi) is 4.60. The monoisotopic (exact) mass is 280 g/mol. The Morgan fingerprint density at radius 2 is 2.10 bits per heavy atom. The summed E-state index contributed by atoms with van der Waals surface area (Å²) in [6, 6.07) is 6.41. The van der Waals surface area contributed by atoms with Crippen molar-refractivity contribution in [1.29, 1.82) is 0 Å². The van der Waals surface area contributed by atoms with E-state index in [1.165, 1.54) is 13.2 Å². The van der Waals surface area contributed by atoms with Gasteiger partial charge in [-0.05, 0) is 45.0 Å². The molecule has 1 heterocycles. The lowest BCUT2D eigenvalue weighted by Gasteiger charge is -2.32.